The number of aliphatic hydroxyl groups is 1. The number of hydrogen-bond donors (Lipinski definition) is 3. The Balaban J connectivity index is 4.20. The number of esters is 2. The average molecular weight is 759 g/mol. The highest BCUT2D eigenvalue weighted by molar-refractivity contribution is 7.46. The molecule has 0 bridgehead atoms. The van der Waals surface area contributed by atoms with E-state index in [1.165, 1.54) is 0 Å². The summed E-state index contributed by atoms with van der Waals surface area (Å²) >= 11 is 0. The fraction of sp³-hybridized carbons (Fsp3) is 0.535. The van der Waals surface area contributed by atoms with Gasteiger partial charge in [0.1, 0.15) is 6.61 Å². The first-order valence-electron chi connectivity index (χ1n) is 19.3. The van der Waals surface area contributed by atoms with Crippen LogP contribution >= 0.6 is 7.82 Å². The molecule has 0 saturated heterocycles. The van der Waals surface area contributed by atoms with E-state index in [1.807, 2.05) is 31.2 Å². The molecule has 0 radical (unpaired) electrons. The molecule has 0 amide bonds. The van der Waals surface area contributed by atoms with Crippen LogP contribution in [0, 0.1) is 0 Å². The maximum atomic E-state index is 12.4. The summed E-state index contributed by atoms with van der Waals surface area (Å²) in [5.41, 5.74) is 0. The van der Waals surface area contributed by atoms with Crippen molar-refractivity contribution in [3.05, 3.63) is 109 Å². The predicted octanol–water partition coefficient (Wildman–Crippen LogP) is 10.6. The molecule has 9 nitrogen and oxygen atoms in total. The second kappa shape index (κ2) is 37.0. The summed E-state index contributed by atoms with van der Waals surface area (Å²) in [5.74, 6) is -1.05. The Hall–Kier alpha value is -3.33. The van der Waals surface area contributed by atoms with Gasteiger partial charge in [0.2, 0.25) is 0 Å². The molecule has 298 valence electrons. The first-order chi connectivity index (χ1) is 25.7. The number of phosphoric ester groups is 1. The van der Waals surface area contributed by atoms with Gasteiger partial charge in [0.25, 0.3) is 0 Å². The molecule has 0 unspecified atom stereocenters. The van der Waals surface area contributed by atoms with Crippen molar-refractivity contribution in [3.63, 3.8) is 0 Å². The van der Waals surface area contributed by atoms with Crippen LogP contribution in [0.3, 0.4) is 0 Å². The van der Waals surface area contributed by atoms with Crippen molar-refractivity contribution in [3.8, 4) is 0 Å². The Kier molecular flexibility index (Phi) is 34.7. The molecule has 0 aromatic carbocycles. The first kappa shape index (κ1) is 49.7. The lowest BCUT2D eigenvalue weighted by atomic mass is 10.1. The first-order valence-corrected chi connectivity index (χ1v) is 20.8. The van der Waals surface area contributed by atoms with Crippen molar-refractivity contribution in [1.29, 1.82) is 0 Å². The van der Waals surface area contributed by atoms with Crippen molar-refractivity contribution in [2.75, 3.05) is 13.2 Å². The topological polar surface area (TPSA) is 140 Å². The van der Waals surface area contributed by atoms with Gasteiger partial charge in [-0.2, -0.15) is 0 Å². The normalized spacial score (nSPS) is 14.3. The monoisotopic (exact) mass is 758 g/mol. The molecular formula is C43H67O9P. The summed E-state index contributed by atoms with van der Waals surface area (Å²) < 4.78 is 26.2. The van der Waals surface area contributed by atoms with Crippen LogP contribution in [-0.4, -0.2) is 52.3 Å². The molecule has 0 aliphatic carbocycles. The van der Waals surface area contributed by atoms with Crippen LogP contribution < -0.4 is 0 Å². The summed E-state index contributed by atoms with van der Waals surface area (Å²) in [6.07, 6.45) is 49.1. The zero-order chi connectivity index (χ0) is 39.1. The van der Waals surface area contributed by atoms with Gasteiger partial charge in [-0.05, 0) is 96.3 Å². The molecule has 53 heavy (non-hydrogen) atoms. The van der Waals surface area contributed by atoms with Crippen LogP contribution in [0.4, 0.5) is 0 Å². The minimum atomic E-state index is -4.80. The second-order valence-corrected chi connectivity index (χ2v) is 13.5. The molecule has 10 heteroatoms. The number of carbonyl (C=O) groups is 2. The van der Waals surface area contributed by atoms with Crippen molar-refractivity contribution < 1.29 is 43.0 Å². The standard InChI is InChI=1S/C43H67O9P/c1-3-5-6-7-8-9-10-11-12-13-14-18-21-24-27-30-33-36-42(45)50-38-41(39-51-53(47,48)49)52-43(46)37-34-31-28-25-22-19-16-15-17-20-23-26-29-32-35-40(44)4-2/h5-6,8-9,11-12,14,16-20,24-29,40-41,44H,3-4,7,10,13,15,21-23,30-39H2,1-2H3,(H2,47,48,49)/b6-5-,9-8-,12-11-,18-14-,19-16-,20-17-,27-24-,28-25-,29-26-/t40-,41-/m1/s1. The van der Waals surface area contributed by atoms with E-state index in [4.69, 9.17) is 19.3 Å². The lowest BCUT2D eigenvalue weighted by Gasteiger charge is -2.18. The minimum Gasteiger partial charge on any atom is -0.462 e. The average Bonchev–Trinajstić information content (AvgIpc) is 3.13. The van der Waals surface area contributed by atoms with E-state index in [9.17, 15) is 19.3 Å². The van der Waals surface area contributed by atoms with Crippen molar-refractivity contribution in [2.24, 2.45) is 0 Å². The number of carbonyl (C=O) groups excluding carboxylic acids is 2. The van der Waals surface area contributed by atoms with Crippen LogP contribution in [0.2, 0.25) is 0 Å². The number of allylic oxidation sites excluding steroid dienone is 18. The molecule has 3 N–H and O–H groups in total. The number of unbranched alkanes of at least 4 members (excludes halogenated alkanes) is 2. The van der Waals surface area contributed by atoms with Gasteiger partial charge in [-0.25, -0.2) is 4.57 Å². The summed E-state index contributed by atoms with van der Waals surface area (Å²) in [7, 11) is -4.80. The maximum Gasteiger partial charge on any atom is 0.469 e. The highest BCUT2D eigenvalue weighted by atomic mass is 31.2. The van der Waals surface area contributed by atoms with Gasteiger partial charge < -0.3 is 24.4 Å². The highest BCUT2D eigenvalue weighted by Crippen LogP contribution is 2.35. The molecule has 0 rings (SSSR count). The van der Waals surface area contributed by atoms with Crippen LogP contribution in [0.25, 0.3) is 0 Å². The third-order valence-electron chi connectivity index (χ3n) is 7.44. The summed E-state index contributed by atoms with van der Waals surface area (Å²) in [6.45, 7) is 3.17. The zero-order valence-electron chi connectivity index (χ0n) is 32.2. The van der Waals surface area contributed by atoms with Crippen molar-refractivity contribution in [2.45, 2.75) is 135 Å². The molecule has 2 atom stereocenters. The van der Waals surface area contributed by atoms with Gasteiger partial charge in [0.15, 0.2) is 6.10 Å². The van der Waals surface area contributed by atoms with Gasteiger partial charge >= 0.3 is 19.8 Å². The lowest BCUT2D eigenvalue weighted by Crippen LogP contribution is -2.29. The van der Waals surface area contributed by atoms with Gasteiger partial charge in [-0.1, -0.05) is 123 Å². The van der Waals surface area contributed by atoms with E-state index in [0.717, 1.165) is 70.6 Å². The van der Waals surface area contributed by atoms with Gasteiger partial charge in [0.05, 0.1) is 12.7 Å². The summed E-state index contributed by atoms with van der Waals surface area (Å²) in [4.78, 5) is 42.7. The van der Waals surface area contributed by atoms with Crippen LogP contribution in [0.1, 0.15) is 123 Å². The Bertz CT molecular complexity index is 1230. The SMILES string of the molecule is CC/C=C\C/C=C\C/C=C\C/C=C\C/C=C\CCCC(=O)OC[C@H](COP(=O)(O)O)OC(=O)CCC/C=C\C/C=C\C/C=C\C/C=C\CC[C@H](O)CC. The molecule has 0 spiro atoms. The second-order valence-electron chi connectivity index (χ2n) is 12.3. The van der Waals surface area contributed by atoms with E-state index in [1.54, 1.807) is 0 Å². The van der Waals surface area contributed by atoms with E-state index < -0.39 is 32.5 Å². The number of ether oxygens (including phenoxy) is 2. The zero-order valence-corrected chi connectivity index (χ0v) is 33.1. The number of rotatable bonds is 33. The van der Waals surface area contributed by atoms with Crippen molar-refractivity contribution in [1.82, 2.24) is 0 Å². The van der Waals surface area contributed by atoms with Gasteiger partial charge in [-0.3, -0.25) is 14.1 Å². The smallest absolute Gasteiger partial charge is 0.462 e. The molecule has 0 aliphatic heterocycles. The molecule has 0 heterocycles. The highest BCUT2D eigenvalue weighted by Gasteiger charge is 2.22. The minimum absolute atomic E-state index is 0.103. The summed E-state index contributed by atoms with van der Waals surface area (Å²) in [6, 6.07) is 0. The molecule has 0 aromatic heterocycles. The number of hydrogen-bond acceptors (Lipinski definition) is 7. The maximum absolute atomic E-state index is 12.4. The number of phosphoric acid groups is 1. The number of aliphatic hydroxyl groups excluding tert-OH is 1. The van der Waals surface area contributed by atoms with E-state index in [-0.39, 0.29) is 25.6 Å². The molecule has 0 aromatic rings. The predicted molar refractivity (Wildman–Crippen MR) is 217 cm³/mol. The lowest BCUT2D eigenvalue weighted by molar-refractivity contribution is -0.161. The molecule has 0 saturated carbocycles. The van der Waals surface area contributed by atoms with Crippen molar-refractivity contribution >= 4 is 19.8 Å². The van der Waals surface area contributed by atoms with Crippen LogP contribution in [-0.2, 0) is 28.2 Å². The largest absolute Gasteiger partial charge is 0.469 e. The third-order valence-corrected chi connectivity index (χ3v) is 7.92. The van der Waals surface area contributed by atoms with E-state index in [0.29, 0.717) is 25.7 Å². The van der Waals surface area contributed by atoms with E-state index >= 15 is 0 Å². The Labute approximate surface area is 319 Å². The molecule has 0 aliphatic rings. The van der Waals surface area contributed by atoms with E-state index in [2.05, 4.69) is 96.5 Å². The van der Waals surface area contributed by atoms with Gasteiger partial charge in [0, 0.05) is 12.8 Å². The molecule has 0 fully saturated rings. The third kappa shape index (κ3) is 39.7. The fourth-order valence-electron chi connectivity index (χ4n) is 4.44. The summed E-state index contributed by atoms with van der Waals surface area (Å²) in [5, 5.41) is 9.53. The van der Waals surface area contributed by atoms with Crippen LogP contribution in [0.15, 0.2) is 109 Å². The quantitative estimate of drug-likeness (QED) is 0.0258. The molecular weight excluding hydrogens is 691 g/mol. The van der Waals surface area contributed by atoms with Crippen LogP contribution in [0.5, 0.6) is 0 Å². The Morgan fingerprint density at radius 3 is 1.38 bits per heavy atom. The van der Waals surface area contributed by atoms with Gasteiger partial charge in [-0.15, -0.1) is 0 Å². The Morgan fingerprint density at radius 2 is 0.962 bits per heavy atom. The fourth-order valence-corrected chi connectivity index (χ4v) is 4.80. The Morgan fingerprint density at radius 1 is 0.566 bits per heavy atom.